The fourth-order valence-corrected chi connectivity index (χ4v) is 9.13. The molecular formula is C57H111NO6. The van der Waals surface area contributed by atoms with E-state index in [1.165, 1.54) is 154 Å². The first-order chi connectivity index (χ1) is 30.7. The minimum atomic E-state index is -0.116. The van der Waals surface area contributed by atoms with Gasteiger partial charge in [-0.3, -0.25) is 14.4 Å². The number of carbonyl (C=O) groups excluding carboxylic acids is 3. The molecule has 0 aliphatic heterocycles. The zero-order chi connectivity index (χ0) is 47.7. The third-order valence-corrected chi connectivity index (χ3v) is 13.9. The Balaban J connectivity index is 5.06. The molecule has 64 heavy (non-hydrogen) atoms. The summed E-state index contributed by atoms with van der Waals surface area (Å²) < 4.78 is 18.0. The third kappa shape index (κ3) is 40.6. The van der Waals surface area contributed by atoms with Gasteiger partial charge in [0, 0.05) is 19.3 Å². The maximum absolute atomic E-state index is 13.0. The Morgan fingerprint density at radius 1 is 0.406 bits per heavy atom. The highest BCUT2D eigenvalue weighted by Gasteiger charge is 2.25. The van der Waals surface area contributed by atoms with Crippen LogP contribution in [0.5, 0.6) is 0 Å². The quantitative estimate of drug-likeness (QED) is 0.0342. The van der Waals surface area contributed by atoms with Crippen molar-refractivity contribution in [3.05, 3.63) is 0 Å². The number of hydrogen-bond acceptors (Lipinski definition) is 7. The molecule has 0 unspecified atom stereocenters. The van der Waals surface area contributed by atoms with Gasteiger partial charge in [0.25, 0.3) is 0 Å². The molecule has 0 radical (unpaired) electrons. The van der Waals surface area contributed by atoms with Gasteiger partial charge in [0.15, 0.2) is 0 Å². The molecule has 0 aromatic rings. The zero-order valence-corrected chi connectivity index (χ0v) is 44.7. The predicted molar refractivity (Wildman–Crippen MR) is 274 cm³/mol. The van der Waals surface area contributed by atoms with Crippen molar-refractivity contribution in [3.8, 4) is 0 Å². The molecule has 0 amide bonds. The number of carbonyl (C=O) groups is 3. The highest BCUT2D eigenvalue weighted by atomic mass is 16.5. The van der Waals surface area contributed by atoms with E-state index >= 15 is 0 Å². The molecule has 0 spiro atoms. The second kappa shape index (κ2) is 41.5. The normalized spacial score (nSPS) is 12.3. The van der Waals surface area contributed by atoms with E-state index in [9.17, 15) is 14.4 Å². The van der Waals surface area contributed by atoms with E-state index in [0.29, 0.717) is 44.3 Å². The lowest BCUT2D eigenvalue weighted by Gasteiger charge is -2.27. The molecule has 0 heterocycles. The summed E-state index contributed by atoms with van der Waals surface area (Å²) in [5.41, 5.74) is -0.00569. The van der Waals surface area contributed by atoms with Crippen molar-refractivity contribution in [2.75, 3.05) is 33.9 Å². The molecule has 0 saturated heterocycles. The number of ether oxygens (including phenoxy) is 3. The van der Waals surface area contributed by atoms with Gasteiger partial charge in [-0.2, -0.15) is 0 Å². The number of esters is 3. The molecule has 380 valence electrons. The van der Waals surface area contributed by atoms with Gasteiger partial charge in [0.05, 0.1) is 13.2 Å². The van der Waals surface area contributed by atoms with Crippen molar-refractivity contribution in [2.24, 2.45) is 22.7 Å². The number of hydrogen-bond donors (Lipinski definition) is 0. The minimum absolute atomic E-state index is 0.00285. The van der Waals surface area contributed by atoms with E-state index in [4.69, 9.17) is 14.2 Å². The monoisotopic (exact) mass is 906 g/mol. The van der Waals surface area contributed by atoms with Crippen LogP contribution in [-0.2, 0) is 28.6 Å². The standard InChI is InChI=1S/C57H111NO6/c1-11-15-19-23-27-34-50(35-28-24-20-16-12-2)48-62-53(59)41-45-56(5,6)43-31-38-52(64-55(61)40-33-47-58(9)10)39-32-44-57(7,8)46-42-54(60)63-49-51(36-29-25-21-17-13-3)37-30-26-22-18-14-4/h50-52H,11-49H2,1-10H3. The van der Waals surface area contributed by atoms with Crippen LogP contribution in [-0.4, -0.2) is 62.8 Å². The fraction of sp³-hybridized carbons (Fsp3) is 0.947. The van der Waals surface area contributed by atoms with Gasteiger partial charge in [-0.25, -0.2) is 0 Å². The van der Waals surface area contributed by atoms with Crippen LogP contribution in [0, 0.1) is 22.7 Å². The molecule has 7 heteroatoms. The number of rotatable bonds is 47. The van der Waals surface area contributed by atoms with Crippen LogP contribution in [0.25, 0.3) is 0 Å². The molecule has 0 aromatic heterocycles. The van der Waals surface area contributed by atoms with Crippen LogP contribution >= 0.6 is 0 Å². The van der Waals surface area contributed by atoms with Gasteiger partial charge in [-0.15, -0.1) is 0 Å². The highest BCUT2D eigenvalue weighted by Crippen LogP contribution is 2.33. The number of nitrogens with zero attached hydrogens (tertiary/aromatic N) is 1. The SMILES string of the molecule is CCCCCCCC(CCCCCCC)COC(=O)CCC(C)(C)CCCC(CCCC(C)(C)CCC(=O)OCC(CCCCCCC)CCCCCCC)OC(=O)CCCN(C)C. The van der Waals surface area contributed by atoms with Crippen molar-refractivity contribution >= 4 is 17.9 Å². The maximum Gasteiger partial charge on any atom is 0.306 e. The first-order valence-corrected chi connectivity index (χ1v) is 27.8. The van der Waals surface area contributed by atoms with Crippen molar-refractivity contribution < 1.29 is 28.6 Å². The Kier molecular flexibility index (Phi) is 40.5. The molecule has 0 fully saturated rings. The minimum Gasteiger partial charge on any atom is -0.465 e. The fourth-order valence-electron chi connectivity index (χ4n) is 9.13. The van der Waals surface area contributed by atoms with Crippen LogP contribution in [0.1, 0.15) is 287 Å². The Labute approximate surface area is 399 Å². The zero-order valence-electron chi connectivity index (χ0n) is 44.7. The van der Waals surface area contributed by atoms with Gasteiger partial charge in [0.2, 0.25) is 0 Å². The number of unbranched alkanes of at least 4 members (excludes halogenated alkanes) is 16. The largest absolute Gasteiger partial charge is 0.465 e. The average Bonchev–Trinajstić information content (AvgIpc) is 3.24. The first-order valence-electron chi connectivity index (χ1n) is 27.8. The van der Waals surface area contributed by atoms with Gasteiger partial charge in [0.1, 0.15) is 6.10 Å². The Bertz CT molecular complexity index is 990. The summed E-state index contributed by atoms with van der Waals surface area (Å²) >= 11 is 0. The summed E-state index contributed by atoms with van der Waals surface area (Å²) in [5, 5.41) is 0. The average molecular weight is 907 g/mol. The lowest BCUT2D eigenvalue weighted by molar-refractivity contribution is -0.150. The first kappa shape index (κ1) is 62.4. The van der Waals surface area contributed by atoms with Crippen molar-refractivity contribution in [2.45, 2.75) is 293 Å². The lowest BCUT2D eigenvalue weighted by Crippen LogP contribution is -2.22. The van der Waals surface area contributed by atoms with Gasteiger partial charge >= 0.3 is 17.9 Å². The molecule has 0 atom stereocenters. The summed E-state index contributed by atoms with van der Waals surface area (Å²) in [6.45, 7) is 20.1. The third-order valence-electron chi connectivity index (χ3n) is 13.9. The summed E-state index contributed by atoms with van der Waals surface area (Å²) in [6.07, 6.45) is 39.5. The van der Waals surface area contributed by atoms with Crippen LogP contribution in [0.15, 0.2) is 0 Å². The van der Waals surface area contributed by atoms with Gasteiger partial charge in [-0.1, -0.05) is 184 Å². The smallest absolute Gasteiger partial charge is 0.306 e. The van der Waals surface area contributed by atoms with Crippen molar-refractivity contribution in [1.82, 2.24) is 4.90 Å². The molecule has 7 nitrogen and oxygen atoms in total. The van der Waals surface area contributed by atoms with Crippen LogP contribution in [0.4, 0.5) is 0 Å². The summed E-state index contributed by atoms with van der Waals surface area (Å²) in [4.78, 5) is 41.1. The molecular weight excluding hydrogens is 795 g/mol. The summed E-state index contributed by atoms with van der Waals surface area (Å²) in [7, 11) is 4.06. The molecule has 0 rings (SSSR count). The molecule has 0 N–H and O–H groups in total. The second-order valence-corrected chi connectivity index (χ2v) is 22.0. The van der Waals surface area contributed by atoms with E-state index in [1.807, 2.05) is 14.1 Å². The summed E-state index contributed by atoms with van der Waals surface area (Å²) in [6, 6.07) is 0. The molecule has 0 bridgehead atoms. The Hall–Kier alpha value is -1.63. The second-order valence-electron chi connectivity index (χ2n) is 22.0. The summed E-state index contributed by atoms with van der Waals surface area (Å²) in [5.74, 6) is 0.757. The van der Waals surface area contributed by atoms with Crippen LogP contribution in [0.2, 0.25) is 0 Å². The van der Waals surface area contributed by atoms with Crippen LogP contribution < -0.4 is 0 Å². The highest BCUT2D eigenvalue weighted by molar-refractivity contribution is 5.70. The van der Waals surface area contributed by atoms with Crippen LogP contribution in [0.3, 0.4) is 0 Å². The molecule has 0 aliphatic rings. The lowest BCUT2D eigenvalue weighted by atomic mass is 9.81. The Morgan fingerprint density at radius 3 is 1.08 bits per heavy atom. The predicted octanol–water partition coefficient (Wildman–Crippen LogP) is 17.0. The molecule has 0 saturated carbocycles. The van der Waals surface area contributed by atoms with E-state index < -0.39 is 0 Å². The topological polar surface area (TPSA) is 82.1 Å². The van der Waals surface area contributed by atoms with Gasteiger partial charge < -0.3 is 19.1 Å². The molecule has 0 aliphatic carbocycles. The van der Waals surface area contributed by atoms with Crippen molar-refractivity contribution in [3.63, 3.8) is 0 Å². The Morgan fingerprint density at radius 2 is 0.750 bits per heavy atom. The van der Waals surface area contributed by atoms with Crippen molar-refractivity contribution in [1.29, 1.82) is 0 Å². The van der Waals surface area contributed by atoms with Gasteiger partial charge in [-0.05, 0) is 127 Å². The van der Waals surface area contributed by atoms with E-state index in [2.05, 4.69) is 60.3 Å². The van der Waals surface area contributed by atoms with E-state index in [0.717, 1.165) is 64.3 Å². The van der Waals surface area contributed by atoms with E-state index in [1.54, 1.807) is 0 Å². The van der Waals surface area contributed by atoms with E-state index in [-0.39, 0.29) is 34.8 Å². The maximum atomic E-state index is 13.0. The molecule has 0 aromatic carbocycles.